The number of ether oxygens (including phenoxy) is 1. The molecule has 0 saturated carbocycles. The minimum absolute atomic E-state index is 0.0821. The van der Waals surface area contributed by atoms with Crippen LogP contribution in [0.4, 0.5) is 0 Å². The lowest BCUT2D eigenvalue weighted by Crippen LogP contribution is -2.36. The zero-order valence-electron chi connectivity index (χ0n) is 9.33. The zero-order chi connectivity index (χ0) is 11.5. The molecule has 0 aliphatic carbocycles. The maximum Gasteiger partial charge on any atom is 0.115 e. The molecule has 1 aromatic rings. The van der Waals surface area contributed by atoms with Gasteiger partial charge in [0.05, 0.1) is 6.61 Å². The molecule has 1 atom stereocenters. The average Bonchev–Trinajstić information content (AvgIpc) is 2.18. The minimum Gasteiger partial charge on any atom is -0.382 e. The Morgan fingerprint density at radius 2 is 1.87 bits per heavy atom. The third-order valence-corrected chi connectivity index (χ3v) is 2.92. The highest BCUT2D eigenvalue weighted by atomic mass is 35.5. The van der Waals surface area contributed by atoms with E-state index in [1.165, 1.54) is 0 Å². The number of rotatable bonds is 4. The van der Waals surface area contributed by atoms with Gasteiger partial charge >= 0.3 is 0 Å². The van der Waals surface area contributed by atoms with Crippen molar-refractivity contribution in [1.29, 1.82) is 0 Å². The van der Waals surface area contributed by atoms with Crippen LogP contribution in [0.1, 0.15) is 19.4 Å². The summed E-state index contributed by atoms with van der Waals surface area (Å²) < 4.78 is 5.07. The van der Waals surface area contributed by atoms with Crippen LogP contribution in [0.5, 0.6) is 0 Å². The van der Waals surface area contributed by atoms with Crippen molar-refractivity contribution in [3.8, 4) is 0 Å². The Bertz CT molecular complexity index is 308. The lowest BCUT2D eigenvalue weighted by Gasteiger charge is -2.32. The van der Waals surface area contributed by atoms with Crippen molar-refractivity contribution >= 4 is 11.6 Å². The van der Waals surface area contributed by atoms with Crippen molar-refractivity contribution < 1.29 is 9.84 Å². The molecule has 0 fully saturated rings. The Labute approximate surface area is 95.8 Å². The molecule has 15 heavy (non-hydrogen) atoms. The van der Waals surface area contributed by atoms with Gasteiger partial charge in [-0.3, -0.25) is 0 Å². The fourth-order valence-electron chi connectivity index (χ4n) is 1.54. The van der Waals surface area contributed by atoms with Crippen LogP contribution in [-0.4, -0.2) is 18.8 Å². The van der Waals surface area contributed by atoms with E-state index in [9.17, 15) is 5.11 Å². The number of benzene rings is 1. The number of hydrogen-bond donors (Lipinski definition) is 1. The molecule has 2 nitrogen and oxygen atoms in total. The van der Waals surface area contributed by atoms with E-state index in [1.807, 2.05) is 26.0 Å². The number of methoxy groups -OCH3 is 1. The second-order valence-electron chi connectivity index (χ2n) is 4.02. The standard InChI is InChI=1S/C12H17ClO2/c1-9(2)12(14,8-15-3)10-4-6-11(13)7-5-10/h4-7,9,14H,8H2,1-3H3. The topological polar surface area (TPSA) is 29.5 Å². The summed E-state index contributed by atoms with van der Waals surface area (Å²) in [5, 5.41) is 11.2. The Hall–Kier alpha value is -0.570. The smallest absolute Gasteiger partial charge is 0.115 e. The summed E-state index contributed by atoms with van der Waals surface area (Å²) in [6.07, 6.45) is 0. The van der Waals surface area contributed by atoms with Crippen LogP contribution < -0.4 is 0 Å². The van der Waals surface area contributed by atoms with Crippen LogP contribution in [0.2, 0.25) is 5.02 Å². The van der Waals surface area contributed by atoms with Gasteiger partial charge in [0.15, 0.2) is 0 Å². The molecule has 1 unspecified atom stereocenters. The predicted molar refractivity (Wildman–Crippen MR) is 62.1 cm³/mol. The highest BCUT2D eigenvalue weighted by Crippen LogP contribution is 2.30. The van der Waals surface area contributed by atoms with Crippen molar-refractivity contribution in [2.24, 2.45) is 5.92 Å². The summed E-state index contributed by atoms with van der Waals surface area (Å²) in [5.74, 6) is 0.0821. The molecule has 0 heterocycles. The predicted octanol–water partition coefficient (Wildman–Crippen LogP) is 2.83. The van der Waals surface area contributed by atoms with E-state index < -0.39 is 5.60 Å². The fourth-order valence-corrected chi connectivity index (χ4v) is 1.67. The van der Waals surface area contributed by atoms with Gasteiger partial charge in [0, 0.05) is 12.1 Å². The third-order valence-electron chi connectivity index (χ3n) is 2.66. The summed E-state index contributed by atoms with van der Waals surface area (Å²) in [6.45, 7) is 4.22. The molecular weight excluding hydrogens is 212 g/mol. The molecule has 0 aliphatic heterocycles. The van der Waals surface area contributed by atoms with E-state index >= 15 is 0 Å². The van der Waals surface area contributed by atoms with Crippen LogP contribution >= 0.6 is 11.6 Å². The highest BCUT2D eigenvalue weighted by Gasteiger charge is 2.32. The number of hydrogen-bond acceptors (Lipinski definition) is 2. The summed E-state index contributed by atoms with van der Waals surface area (Å²) in [6, 6.07) is 7.22. The van der Waals surface area contributed by atoms with Gasteiger partial charge in [-0.25, -0.2) is 0 Å². The zero-order valence-corrected chi connectivity index (χ0v) is 10.1. The lowest BCUT2D eigenvalue weighted by molar-refractivity contribution is -0.0700. The van der Waals surface area contributed by atoms with Gasteiger partial charge in [0.25, 0.3) is 0 Å². The van der Waals surface area contributed by atoms with Crippen LogP contribution in [-0.2, 0) is 10.3 Å². The lowest BCUT2D eigenvalue weighted by atomic mass is 9.84. The molecule has 0 spiro atoms. The second-order valence-corrected chi connectivity index (χ2v) is 4.46. The van der Waals surface area contributed by atoms with Gasteiger partial charge in [-0.05, 0) is 23.6 Å². The van der Waals surface area contributed by atoms with Crippen LogP contribution in [0.15, 0.2) is 24.3 Å². The third kappa shape index (κ3) is 2.71. The molecule has 0 amide bonds. The van der Waals surface area contributed by atoms with Gasteiger partial charge in [-0.1, -0.05) is 37.6 Å². The maximum atomic E-state index is 10.5. The molecule has 1 aromatic carbocycles. The summed E-state index contributed by atoms with van der Waals surface area (Å²) in [5.41, 5.74) is -0.108. The Balaban J connectivity index is 3.04. The van der Waals surface area contributed by atoms with Crippen molar-refractivity contribution in [1.82, 2.24) is 0 Å². The molecule has 84 valence electrons. The first-order valence-electron chi connectivity index (χ1n) is 4.98. The van der Waals surface area contributed by atoms with Crippen LogP contribution in [0.25, 0.3) is 0 Å². The molecule has 1 rings (SSSR count). The first-order valence-corrected chi connectivity index (χ1v) is 5.36. The summed E-state index contributed by atoms with van der Waals surface area (Å²) >= 11 is 5.81. The van der Waals surface area contributed by atoms with E-state index in [1.54, 1.807) is 19.2 Å². The molecule has 0 aliphatic rings. The number of aliphatic hydroxyl groups is 1. The van der Waals surface area contributed by atoms with Crippen molar-refractivity contribution in [3.63, 3.8) is 0 Å². The summed E-state index contributed by atoms with van der Waals surface area (Å²) in [7, 11) is 1.59. The molecule has 0 saturated heterocycles. The summed E-state index contributed by atoms with van der Waals surface area (Å²) in [4.78, 5) is 0. The Morgan fingerprint density at radius 3 is 2.27 bits per heavy atom. The SMILES string of the molecule is COCC(O)(c1ccc(Cl)cc1)C(C)C. The van der Waals surface area contributed by atoms with Crippen molar-refractivity contribution in [3.05, 3.63) is 34.9 Å². The van der Waals surface area contributed by atoms with E-state index in [2.05, 4.69) is 0 Å². The Kier molecular flexibility index (Phi) is 4.14. The van der Waals surface area contributed by atoms with Crippen molar-refractivity contribution in [2.45, 2.75) is 19.4 Å². The highest BCUT2D eigenvalue weighted by molar-refractivity contribution is 6.30. The largest absolute Gasteiger partial charge is 0.382 e. The first kappa shape index (κ1) is 12.5. The van der Waals surface area contributed by atoms with Gasteiger partial charge in [-0.15, -0.1) is 0 Å². The van der Waals surface area contributed by atoms with Crippen LogP contribution in [0.3, 0.4) is 0 Å². The molecule has 0 bridgehead atoms. The molecule has 3 heteroatoms. The number of halogens is 1. The maximum absolute atomic E-state index is 10.5. The van der Waals surface area contributed by atoms with E-state index in [0.717, 1.165) is 5.56 Å². The van der Waals surface area contributed by atoms with E-state index in [0.29, 0.717) is 5.02 Å². The average molecular weight is 229 g/mol. The molecule has 0 radical (unpaired) electrons. The minimum atomic E-state index is -0.945. The van der Waals surface area contributed by atoms with Gasteiger partial charge in [0.2, 0.25) is 0 Å². The van der Waals surface area contributed by atoms with Gasteiger partial charge in [-0.2, -0.15) is 0 Å². The Morgan fingerprint density at radius 1 is 1.33 bits per heavy atom. The second kappa shape index (κ2) is 4.97. The van der Waals surface area contributed by atoms with Crippen LogP contribution in [0, 0.1) is 5.92 Å². The van der Waals surface area contributed by atoms with Gasteiger partial charge < -0.3 is 9.84 Å². The molecular formula is C12H17ClO2. The van der Waals surface area contributed by atoms with Gasteiger partial charge in [0.1, 0.15) is 5.60 Å². The first-order chi connectivity index (χ1) is 7.00. The molecule has 0 aromatic heterocycles. The molecule has 1 N–H and O–H groups in total. The monoisotopic (exact) mass is 228 g/mol. The van der Waals surface area contributed by atoms with E-state index in [4.69, 9.17) is 16.3 Å². The fraction of sp³-hybridized carbons (Fsp3) is 0.500. The quantitative estimate of drug-likeness (QED) is 0.859. The normalized spacial score (nSPS) is 15.3. The van der Waals surface area contributed by atoms with Crippen molar-refractivity contribution in [2.75, 3.05) is 13.7 Å². The van der Waals surface area contributed by atoms with E-state index in [-0.39, 0.29) is 12.5 Å².